The molecule has 4 rings (SSSR count). The molecule has 2 heterocycles. The molecule has 9 heteroatoms. The van der Waals surface area contributed by atoms with Crippen molar-refractivity contribution in [1.82, 2.24) is 20.4 Å². The van der Waals surface area contributed by atoms with Crippen LogP contribution in [0.2, 0.25) is 0 Å². The van der Waals surface area contributed by atoms with Crippen molar-refractivity contribution >= 4 is 17.6 Å². The van der Waals surface area contributed by atoms with Gasteiger partial charge in [0.1, 0.15) is 0 Å². The average molecular weight is 497 g/mol. The monoisotopic (exact) mass is 496 g/mol. The summed E-state index contributed by atoms with van der Waals surface area (Å²) in [6.07, 6.45) is 6.89. The van der Waals surface area contributed by atoms with E-state index in [1.807, 2.05) is 37.3 Å². The Morgan fingerprint density at radius 2 is 1.81 bits per heavy atom. The van der Waals surface area contributed by atoms with Crippen molar-refractivity contribution in [3.05, 3.63) is 36.2 Å². The lowest BCUT2D eigenvalue weighted by molar-refractivity contribution is -0.140. The second-order valence-electron chi connectivity index (χ2n) is 9.76. The molecular weight excluding hydrogens is 460 g/mol. The number of hydrogen-bond donors (Lipinski definition) is 1. The van der Waals surface area contributed by atoms with Gasteiger partial charge in [-0.05, 0) is 30.9 Å². The third-order valence-electron chi connectivity index (χ3n) is 7.21. The summed E-state index contributed by atoms with van der Waals surface area (Å²) in [6, 6.07) is 8.43. The smallest absolute Gasteiger partial charge is 0.258 e. The minimum absolute atomic E-state index is 0.0284. The SMILES string of the molecule is CC[C@H](NC(=O)C(CC(=O)N1CCOCC1)CC1CCCCC1)C(=O)c1noc(-c2ccccc2)n1. The van der Waals surface area contributed by atoms with E-state index in [-0.39, 0.29) is 30.0 Å². The van der Waals surface area contributed by atoms with Crippen molar-refractivity contribution in [1.29, 1.82) is 0 Å². The molecule has 1 saturated heterocycles. The van der Waals surface area contributed by atoms with Crippen molar-refractivity contribution in [2.24, 2.45) is 11.8 Å². The van der Waals surface area contributed by atoms with E-state index in [4.69, 9.17) is 9.26 Å². The van der Waals surface area contributed by atoms with Crippen LogP contribution in [0.1, 0.15) is 68.9 Å². The maximum absolute atomic E-state index is 13.4. The minimum Gasteiger partial charge on any atom is -0.378 e. The second-order valence-corrected chi connectivity index (χ2v) is 9.76. The van der Waals surface area contributed by atoms with E-state index in [1.54, 1.807) is 4.90 Å². The zero-order valence-electron chi connectivity index (χ0n) is 21.0. The Morgan fingerprint density at radius 3 is 2.50 bits per heavy atom. The number of ether oxygens (including phenoxy) is 1. The first-order valence-corrected chi connectivity index (χ1v) is 13.1. The van der Waals surface area contributed by atoms with Gasteiger partial charge < -0.3 is 19.5 Å². The molecular formula is C27H36N4O5. The molecule has 0 bridgehead atoms. The Labute approximate surface area is 212 Å². The maximum atomic E-state index is 13.4. The summed E-state index contributed by atoms with van der Waals surface area (Å²) in [6.45, 7) is 3.97. The zero-order chi connectivity index (χ0) is 25.3. The van der Waals surface area contributed by atoms with E-state index < -0.39 is 17.7 Å². The molecule has 1 aromatic carbocycles. The number of nitrogens with one attached hydrogen (secondary N) is 1. The molecule has 1 aliphatic heterocycles. The Kier molecular flexibility index (Phi) is 9.22. The molecule has 1 unspecified atom stereocenters. The number of rotatable bonds is 10. The zero-order valence-corrected chi connectivity index (χ0v) is 21.0. The molecule has 1 N–H and O–H groups in total. The molecule has 1 aromatic heterocycles. The Bertz CT molecular complexity index is 1010. The van der Waals surface area contributed by atoms with E-state index in [0.717, 1.165) is 31.2 Å². The van der Waals surface area contributed by atoms with Crippen LogP contribution >= 0.6 is 0 Å². The molecule has 1 aliphatic carbocycles. The first kappa shape index (κ1) is 26.0. The van der Waals surface area contributed by atoms with Crippen LogP contribution in [0.5, 0.6) is 0 Å². The molecule has 194 valence electrons. The standard InChI is InChI=1S/C27H36N4O5/c1-2-22(24(33)25-29-27(36-30-25)20-11-7-4-8-12-20)28-26(34)21(17-19-9-5-3-6-10-19)18-23(32)31-13-15-35-16-14-31/h4,7-8,11-12,19,21-22H,2-3,5-6,9-10,13-18H2,1H3,(H,28,34)/t21?,22-/m0/s1. The van der Waals surface area contributed by atoms with E-state index in [1.165, 1.54) is 6.42 Å². The number of hydrogen-bond acceptors (Lipinski definition) is 7. The number of benzene rings is 1. The van der Waals surface area contributed by atoms with Crippen molar-refractivity contribution in [3.63, 3.8) is 0 Å². The molecule has 2 aromatic rings. The van der Waals surface area contributed by atoms with Crippen molar-refractivity contribution in [2.45, 2.75) is 64.3 Å². The highest BCUT2D eigenvalue weighted by Gasteiger charge is 2.32. The molecule has 2 aliphatic rings. The van der Waals surface area contributed by atoms with Crippen LogP contribution in [-0.4, -0.2) is 65.0 Å². The van der Waals surface area contributed by atoms with Crippen molar-refractivity contribution in [3.8, 4) is 11.5 Å². The first-order valence-electron chi connectivity index (χ1n) is 13.1. The summed E-state index contributed by atoms with van der Waals surface area (Å²) in [5.74, 6) is -0.536. The van der Waals surface area contributed by atoms with Gasteiger partial charge in [0.25, 0.3) is 5.89 Å². The van der Waals surface area contributed by atoms with E-state index >= 15 is 0 Å². The third kappa shape index (κ3) is 6.78. The van der Waals surface area contributed by atoms with Gasteiger partial charge in [-0.3, -0.25) is 14.4 Å². The van der Waals surface area contributed by atoms with Gasteiger partial charge in [-0.2, -0.15) is 4.98 Å². The lowest BCUT2D eigenvalue weighted by Crippen LogP contribution is -2.46. The summed E-state index contributed by atoms with van der Waals surface area (Å²) < 4.78 is 10.6. The number of morpholine rings is 1. The van der Waals surface area contributed by atoms with Crippen LogP contribution in [0.25, 0.3) is 11.5 Å². The van der Waals surface area contributed by atoms with E-state index in [9.17, 15) is 14.4 Å². The molecule has 2 atom stereocenters. The fourth-order valence-corrected chi connectivity index (χ4v) is 5.08. The van der Waals surface area contributed by atoms with Gasteiger partial charge >= 0.3 is 0 Å². The van der Waals surface area contributed by atoms with E-state index in [0.29, 0.717) is 45.1 Å². The summed E-state index contributed by atoms with van der Waals surface area (Å²) in [5.41, 5.74) is 0.718. The van der Waals surface area contributed by atoms with Gasteiger partial charge in [-0.1, -0.05) is 62.4 Å². The second kappa shape index (κ2) is 12.8. The quantitative estimate of drug-likeness (QED) is 0.499. The lowest BCUT2D eigenvalue weighted by atomic mass is 9.81. The molecule has 1 saturated carbocycles. The highest BCUT2D eigenvalue weighted by molar-refractivity contribution is 5.99. The first-order chi connectivity index (χ1) is 17.5. The van der Waals surface area contributed by atoms with Crippen LogP contribution < -0.4 is 5.32 Å². The summed E-state index contributed by atoms with van der Waals surface area (Å²) in [5, 5.41) is 6.76. The topological polar surface area (TPSA) is 115 Å². The van der Waals surface area contributed by atoms with Crippen LogP contribution in [0.15, 0.2) is 34.9 Å². The largest absolute Gasteiger partial charge is 0.378 e. The number of ketones is 1. The fraction of sp³-hybridized carbons (Fsp3) is 0.593. The van der Waals surface area contributed by atoms with Gasteiger partial charge in [0.05, 0.1) is 19.3 Å². The number of Topliss-reactive ketones (excluding diaryl/α,β-unsaturated/α-hetero) is 1. The lowest BCUT2D eigenvalue weighted by Gasteiger charge is -2.30. The predicted molar refractivity (Wildman–Crippen MR) is 133 cm³/mol. The van der Waals surface area contributed by atoms with Crippen LogP contribution in [0.3, 0.4) is 0 Å². The Balaban J connectivity index is 1.43. The Hall–Kier alpha value is -3.07. The summed E-state index contributed by atoms with van der Waals surface area (Å²) in [7, 11) is 0. The molecule has 0 spiro atoms. The van der Waals surface area contributed by atoms with Gasteiger partial charge in [0, 0.05) is 31.0 Å². The molecule has 36 heavy (non-hydrogen) atoms. The molecule has 0 radical (unpaired) electrons. The number of carbonyl (C=O) groups is 3. The molecule has 2 fully saturated rings. The minimum atomic E-state index is -0.786. The highest BCUT2D eigenvalue weighted by atomic mass is 16.5. The third-order valence-corrected chi connectivity index (χ3v) is 7.21. The Morgan fingerprint density at radius 1 is 1.08 bits per heavy atom. The predicted octanol–water partition coefficient (Wildman–Crippen LogP) is 3.65. The fourth-order valence-electron chi connectivity index (χ4n) is 5.08. The molecule has 9 nitrogen and oxygen atoms in total. The van der Waals surface area contributed by atoms with Gasteiger partial charge in [0.15, 0.2) is 0 Å². The summed E-state index contributed by atoms with van der Waals surface area (Å²) in [4.78, 5) is 45.6. The number of carbonyl (C=O) groups excluding carboxylic acids is 3. The number of nitrogens with zero attached hydrogens (tertiary/aromatic N) is 3. The normalized spacial score (nSPS) is 18.4. The maximum Gasteiger partial charge on any atom is 0.258 e. The molecule has 2 amide bonds. The van der Waals surface area contributed by atoms with Gasteiger partial charge in [0.2, 0.25) is 23.4 Å². The van der Waals surface area contributed by atoms with Crippen LogP contribution in [0, 0.1) is 11.8 Å². The van der Waals surface area contributed by atoms with Gasteiger partial charge in [-0.25, -0.2) is 0 Å². The summed E-state index contributed by atoms with van der Waals surface area (Å²) >= 11 is 0. The van der Waals surface area contributed by atoms with Crippen molar-refractivity contribution in [2.75, 3.05) is 26.3 Å². The highest BCUT2D eigenvalue weighted by Crippen LogP contribution is 2.31. The average Bonchev–Trinajstić information content (AvgIpc) is 3.43. The number of aromatic nitrogens is 2. The van der Waals surface area contributed by atoms with E-state index in [2.05, 4.69) is 15.5 Å². The van der Waals surface area contributed by atoms with Crippen LogP contribution in [0.4, 0.5) is 0 Å². The van der Waals surface area contributed by atoms with Crippen molar-refractivity contribution < 1.29 is 23.6 Å². The van der Waals surface area contributed by atoms with Gasteiger partial charge in [-0.15, -0.1) is 0 Å². The van der Waals surface area contributed by atoms with Crippen LogP contribution in [-0.2, 0) is 14.3 Å². The number of amides is 2.